The first-order valence-corrected chi connectivity index (χ1v) is 12.9. The maximum atomic E-state index is 13.7. The molecule has 3 heterocycles. The third kappa shape index (κ3) is 5.37. The summed E-state index contributed by atoms with van der Waals surface area (Å²) >= 11 is 0. The number of aliphatic hydroxyl groups excluding tert-OH is 7. The molecule has 2 fully saturated rings. The Morgan fingerprint density at radius 3 is 2.05 bits per heavy atom. The van der Waals surface area contributed by atoms with Gasteiger partial charge in [-0.1, -0.05) is 0 Å². The number of hydrogen-bond donors (Lipinski definition) is 9. The Kier molecular flexibility index (Phi) is 8.30. The second-order valence-corrected chi connectivity index (χ2v) is 10.1. The van der Waals surface area contributed by atoms with E-state index >= 15 is 0 Å². The van der Waals surface area contributed by atoms with E-state index in [1.54, 1.807) is 0 Å². The number of ether oxygens (including phenoxy) is 4. The van der Waals surface area contributed by atoms with Crippen LogP contribution in [-0.4, -0.2) is 114 Å². The van der Waals surface area contributed by atoms with Crippen molar-refractivity contribution < 1.29 is 69.3 Å². The van der Waals surface area contributed by atoms with Gasteiger partial charge in [0.1, 0.15) is 70.9 Å². The van der Waals surface area contributed by atoms with Crippen LogP contribution in [0, 0.1) is 0 Å². The summed E-state index contributed by atoms with van der Waals surface area (Å²) in [5, 5.41) is 90.7. The molecule has 0 spiro atoms. The lowest BCUT2D eigenvalue weighted by molar-refractivity contribution is -0.277. The highest BCUT2D eigenvalue weighted by Gasteiger charge is 2.46. The molecule has 2 aromatic carbocycles. The highest BCUT2D eigenvalue weighted by Crippen LogP contribution is 2.38. The van der Waals surface area contributed by atoms with Gasteiger partial charge < -0.3 is 69.3 Å². The van der Waals surface area contributed by atoms with Crippen molar-refractivity contribution in [3.63, 3.8) is 0 Å². The van der Waals surface area contributed by atoms with Gasteiger partial charge in [-0.05, 0) is 31.2 Å². The number of aromatic hydroxyl groups is 2. The molecule has 2 unspecified atom stereocenters. The van der Waals surface area contributed by atoms with Crippen molar-refractivity contribution >= 4 is 11.0 Å². The number of aliphatic hydroxyl groups is 7. The fourth-order valence-electron chi connectivity index (χ4n) is 4.76. The zero-order valence-electron chi connectivity index (χ0n) is 21.9. The Hall–Kier alpha value is -3.51. The summed E-state index contributed by atoms with van der Waals surface area (Å²) in [5.74, 6) is -1.77. The largest absolute Gasteiger partial charge is 0.508 e. The van der Waals surface area contributed by atoms with E-state index in [1.165, 1.54) is 37.3 Å². The molecule has 3 aromatic rings. The van der Waals surface area contributed by atoms with Crippen LogP contribution in [0.2, 0.25) is 0 Å². The van der Waals surface area contributed by atoms with Crippen molar-refractivity contribution in [1.82, 2.24) is 0 Å². The highest BCUT2D eigenvalue weighted by molar-refractivity contribution is 5.88. The summed E-state index contributed by atoms with van der Waals surface area (Å²) in [6, 6.07) is 7.53. The molecule has 228 valence electrons. The first-order valence-electron chi connectivity index (χ1n) is 12.9. The van der Waals surface area contributed by atoms with E-state index in [0.717, 1.165) is 6.07 Å². The van der Waals surface area contributed by atoms with E-state index in [2.05, 4.69) is 0 Å². The van der Waals surface area contributed by atoms with Crippen molar-refractivity contribution in [3.8, 4) is 34.3 Å². The van der Waals surface area contributed by atoms with Gasteiger partial charge in [0.05, 0.1) is 12.7 Å². The Morgan fingerprint density at radius 1 is 0.786 bits per heavy atom. The number of rotatable bonds is 6. The summed E-state index contributed by atoms with van der Waals surface area (Å²) < 4.78 is 28.0. The van der Waals surface area contributed by atoms with Gasteiger partial charge in [0, 0.05) is 17.7 Å². The van der Waals surface area contributed by atoms with Gasteiger partial charge in [0.15, 0.2) is 5.76 Å². The van der Waals surface area contributed by atoms with E-state index in [9.17, 15) is 50.8 Å². The minimum Gasteiger partial charge on any atom is -0.508 e. The van der Waals surface area contributed by atoms with Crippen LogP contribution in [0.25, 0.3) is 22.3 Å². The molecule has 10 atom stereocenters. The van der Waals surface area contributed by atoms with Crippen LogP contribution >= 0.6 is 0 Å². The standard InChI is InChI=1S/C27H30O15/c1-9-17(31)20(34)22(36)26(38-9)39-12-6-13(30)16-14(7-12)40-24(10-2-4-11(29)5-3-10)25(19(16)33)42-27-23(37)21(35)18(32)15(8-28)41-27/h2-7,9,15,17-18,20-23,26-32,34-37H,8H2,1H3/t9-,15-,17-,18-,20+,21+,22+,23-,26?,27?/m1/s1. The van der Waals surface area contributed by atoms with Gasteiger partial charge in [0.25, 0.3) is 0 Å². The summed E-state index contributed by atoms with van der Waals surface area (Å²) in [4.78, 5) is 13.7. The first-order chi connectivity index (χ1) is 19.9. The molecule has 5 rings (SSSR count). The minimum absolute atomic E-state index is 0.112. The average molecular weight is 595 g/mol. The summed E-state index contributed by atoms with van der Waals surface area (Å²) in [5.41, 5.74) is -1.01. The lowest BCUT2D eigenvalue weighted by Gasteiger charge is -2.39. The maximum Gasteiger partial charge on any atom is 0.239 e. The van der Waals surface area contributed by atoms with Gasteiger partial charge in [0.2, 0.25) is 23.8 Å². The molecule has 0 amide bonds. The molecule has 2 aliphatic heterocycles. The third-order valence-corrected chi connectivity index (χ3v) is 7.18. The minimum atomic E-state index is -1.87. The molecular formula is C27H30O15. The van der Waals surface area contributed by atoms with E-state index in [0.29, 0.717) is 0 Å². The Morgan fingerprint density at radius 2 is 1.40 bits per heavy atom. The van der Waals surface area contributed by atoms with Crippen molar-refractivity contribution in [1.29, 1.82) is 0 Å². The molecule has 1 aromatic heterocycles. The number of hydrogen-bond acceptors (Lipinski definition) is 15. The van der Waals surface area contributed by atoms with Crippen LogP contribution in [-0.2, 0) is 9.47 Å². The normalized spacial score (nSPS) is 33.4. The van der Waals surface area contributed by atoms with E-state index in [1.807, 2.05) is 0 Å². The fraction of sp³-hybridized carbons (Fsp3) is 0.444. The summed E-state index contributed by atoms with van der Waals surface area (Å²) in [7, 11) is 0. The second kappa shape index (κ2) is 11.6. The molecule has 0 bridgehead atoms. The van der Waals surface area contributed by atoms with Crippen molar-refractivity contribution in [3.05, 3.63) is 46.6 Å². The topological polar surface area (TPSA) is 249 Å². The number of phenols is 2. The maximum absolute atomic E-state index is 13.7. The first kappa shape index (κ1) is 30.0. The van der Waals surface area contributed by atoms with Crippen molar-refractivity contribution in [2.24, 2.45) is 0 Å². The van der Waals surface area contributed by atoms with Gasteiger partial charge in [-0.3, -0.25) is 4.79 Å². The number of phenolic OH excluding ortho intramolecular Hbond substituents is 2. The molecule has 42 heavy (non-hydrogen) atoms. The van der Waals surface area contributed by atoms with Crippen molar-refractivity contribution in [2.45, 2.75) is 68.3 Å². The molecule has 0 saturated carbocycles. The smallest absolute Gasteiger partial charge is 0.239 e. The molecule has 2 aliphatic rings. The lowest BCUT2D eigenvalue weighted by Crippen LogP contribution is -2.60. The van der Waals surface area contributed by atoms with Gasteiger partial charge in [-0.2, -0.15) is 0 Å². The summed E-state index contributed by atoms with van der Waals surface area (Å²) in [6.07, 6.45) is -15.5. The van der Waals surface area contributed by atoms with Gasteiger partial charge >= 0.3 is 0 Å². The Labute approximate surface area is 236 Å². The molecule has 15 heteroatoms. The zero-order valence-corrected chi connectivity index (χ0v) is 21.9. The Balaban J connectivity index is 1.58. The monoisotopic (exact) mass is 594 g/mol. The number of fused-ring (bicyclic) bond motifs is 1. The zero-order chi connectivity index (χ0) is 30.5. The van der Waals surface area contributed by atoms with Crippen LogP contribution in [0.3, 0.4) is 0 Å². The van der Waals surface area contributed by atoms with Gasteiger partial charge in [-0.15, -0.1) is 0 Å². The van der Waals surface area contributed by atoms with Crippen LogP contribution in [0.5, 0.6) is 23.0 Å². The molecule has 15 nitrogen and oxygen atoms in total. The van der Waals surface area contributed by atoms with Crippen LogP contribution in [0.15, 0.2) is 45.6 Å². The third-order valence-electron chi connectivity index (χ3n) is 7.18. The van der Waals surface area contributed by atoms with E-state index < -0.39 is 90.3 Å². The average Bonchev–Trinajstić information content (AvgIpc) is 2.96. The van der Waals surface area contributed by atoms with E-state index in [4.69, 9.17) is 23.4 Å². The SMILES string of the molecule is C[C@H]1OC(Oc2cc(O)c3c(=O)c(OC4O[C@H](CO)[C@@H](O)[C@H](O)[C@H]4O)c(-c4ccc(O)cc4)oc3c2)[C@@H](O)[C@@H](O)[C@@H]1O. The molecule has 9 N–H and O–H groups in total. The summed E-state index contributed by atoms with van der Waals surface area (Å²) in [6.45, 7) is 0.702. The second-order valence-electron chi connectivity index (χ2n) is 10.1. The Bertz CT molecular complexity index is 1470. The number of benzene rings is 2. The van der Waals surface area contributed by atoms with Crippen LogP contribution < -0.4 is 14.9 Å². The van der Waals surface area contributed by atoms with Crippen molar-refractivity contribution in [2.75, 3.05) is 6.61 Å². The highest BCUT2D eigenvalue weighted by atomic mass is 16.7. The molecule has 2 saturated heterocycles. The molecule has 0 radical (unpaired) electrons. The van der Waals surface area contributed by atoms with Crippen LogP contribution in [0.1, 0.15) is 6.92 Å². The molecule has 0 aliphatic carbocycles. The van der Waals surface area contributed by atoms with Crippen LogP contribution in [0.4, 0.5) is 0 Å². The fourth-order valence-corrected chi connectivity index (χ4v) is 4.76. The van der Waals surface area contributed by atoms with E-state index in [-0.39, 0.29) is 28.4 Å². The lowest BCUT2D eigenvalue weighted by atomic mass is 9.99. The molecular weight excluding hydrogens is 564 g/mol. The predicted molar refractivity (Wildman–Crippen MR) is 139 cm³/mol. The van der Waals surface area contributed by atoms with Gasteiger partial charge in [-0.25, -0.2) is 0 Å². The predicted octanol–water partition coefficient (Wildman–Crippen LogP) is -1.74. The quantitative estimate of drug-likeness (QED) is 0.154.